The number of nitrogens with zero attached hydrogens (tertiary/aromatic N) is 2. The summed E-state index contributed by atoms with van der Waals surface area (Å²) in [5.74, 6) is 0. The van der Waals surface area contributed by atoms with Gasteiger partial charge in [-0.05, 0) is 37.8 Å². The maximum Gasteiger partial charge on any atom is 0.326 e. The summed E-state index contributed by atoms with van der Waals surface area (Å²) in [6.45, 7) is 1.78. The average molecular weight is 380 g/mol. The van der Waals surface area contributed by atoms with Crippen molar-refractivity contribution in [1.29, 1.82) is 0 Å². The third-order valence-corrected chi connectivity index (χ3v) is 6.88. The van der Waals surface area contributed by atoms with Gasteiger partial charge in [0.1, 0.15) is 0 Å². The lowest BCUT2D eigenvalue weighted by atomic mass is 10.1. The van der Waals surface area contributed by atoms with Crippen LogP contribution in [0, 0.1) is 0 Å². The van der Waals surface area contributed by atoms with E-state index in [0.717, 1.165) is 31.4 Å². The molecule has 9 heteroatoms. The second-order valence-electron chi connectivity index (χ2n) is 6.88. The number of para-hydroxylation sites is 2. The molecular weight excluding hydrogens is 356 g/mol. The van der Waals surface area contributed by atoms with Gasteiger partial charge < -0.3 is 15.4 Å². The quantitative estimate of drug-likeness (QED) is 0.803. The topological polar surface area (TPSA) is 91.0 Å². The van der Waals surface area contributed by atoms with E-state index in [4.69, 9.17) is 4.74 Å². The highest BCUT2D eigenvalue weighted by molar-refractivity contribution is 7.94. The molecule has 0 aromatic heterocycles. The highest BCUT2D eigenvalue weighted by atomic mass is 32.2. The summed E-state index contributed by atoms with van der Waals surface area (Å²) in [6.07, 6.45) is 3.40. The fourth-order valence-corrected chi connectivity index (χ4v) is 5.42. The first-order valence-electron chi connectivity index (χ1n) is 9.10. The Morgan fingerprint density at radius 2 is 1.81 bits per heavy atom. The minimum atomic E-state index is -3.57. The van der Waals surface area contributed by atoms with E-state index in [1.165, 1.54) is 8.61 Å². The molecule has 2 heterocycles. The standard InChI is InChI=1S/C17H24N4O4S/c22-17(19-13-7-11-25-12-8-13)18-9-10-20-15-3-1-2-4-16(15)21(14-5-6-14)26(20,23)24/h1-4,13-14H,5-12H2,(H2,18,19,22). The van der Waals surface area contributed by atoms with Crippen molar-refractivity contribution in [3.05, 3.63) is 24.3 Å². The Morgan fingerprint density at radius 1 is 1.12 bits per heavy atom. The number of amides is 2. The Labute approximate surface area is 153 Å². The van der Waals surface area contributed by atoms with Gasteiger partial charge in [-0.25, -0.2) is 13.4 Å². The SMILES string of the molecule is O=C(NCCN1c2ccccc2N(C2CC2)S1(=O)=O)NC1CCOCC1. The molecule has 2 amide bonds. The van der Waals surface area contributed by atoms with E-state index in [0.29, 0.717) is 18.9 Å². The van der Waals surface area contributed by atoms with Crippen LogP contribution in [0.25, 0.3) is 0 Å². The lowest BCUT2D eigenvalue weighted by molar-refractivity contribution is 0.0801. The Bertz CT molecular complexity index is 775. The van der Waals surface area contributed by atoms with Crippen molar-refractivity contribution in [2.24, 2.45) is 0 Å². The molecule has 0 bridgehead atoms. The van der Waals surface area contributed by atoms with Crippen LogP contribution in [0.15, 0.2) is 24.3 Å². The number of rotatable bonds is 5. The van der Waals surface area contributed by atoms with Gasteiger partial charge >= 0.3 is 16.2 Å². The fraction of sp³-hybridized carbons (Fsp3) is 0.588. The third-order valence-electron chi connectivity index (χ3n) is 4.95. The minimum Gasteiger partial charge on any atom is -0.381 e. The molecule has 26 heavy (non-hydrogen) atoms. The van der Waals surface area contributed by atoms with Gasteiger partial charge in [0.05, 0.1) is 17.9 Å². The minimum absolute atomic E-state index is 0.0657. The molecule has 0 unspecified atom stereocenters. The van der Waals surface area contributed by atoms with Crippen LogP contribution < -0.4 is 19.2 Å². The first-order chi connectivity index (χ1) is 12.6. The lowest BCUT2D eigenvalue weighted by Gasteiger charge is -2.24. The van der Waals surface area contributed by atoms with Crippen molar-refractivity contribution in [2.45, 2.75) is 37.8 Å². The van der Waals surface area contributed by atoms with Crippen LogP contribution in [0.1, 0.15) is 25.7 Å². The van der Waals surface area contributed by atoms with Gasteiger partial charge in [0.15, 0.2) is 0 Å². The molecule has 2 aliphatic heterocycles. The second kappa shape index (κ2) is 6.96. The molecule has 4 rings (SSSR count). The molecule has 1 aromatic carbocycles. The molecule has 8 nitrogen and oxygen atoms in total. The van der Waals surface area contributed by atoms with Crippen LogP contribution in [-0.2, 0) is 14.9 Å². The zero-order valence-electron chi connectivity index (χ0n) is 14.6. The largest absolute Gasteiger partial charge is 0.381 e. The van der Waals surface area contributed by atoms with Crippen LogP contribution >= 0.6 is 0 Å². The molecule has 1 aromatic rings. The summed E-state index contributed by atoms with van der Waals surface area (Å²) in [7, 11) is -3.57. The summed E-state index contributed by atoms with van der Waals surface area (Å²) < 4.78 is 34.1. The highest BCUT2D eigenvalue weighted by Gasteiger charge is 2.47. The van der Waals surface area contributed by atoms with Crippen LogP contribution in [0.5, 0.6) is 0 Å². The Morgan fingerprint density at radius 3 is 2.50 bits per heavy atom. The number of anilines is 2. The number of hydrogen-bond acceptors (Lipinski definition) is 4. The summed E-state index contributed by atoms with van der Waals surface area (Å²) in [6, 6.07) is 7.27. The zero-order chi connectivity index (χ0) is 18.1. The molecule has 142 valence electrons. The van der Waals surface area contributed by atoms with Gasteiger partial charge in [-0.2, -0.15) is 8.42 Å². The molecule has 0 radical (unpaired) electrons. The van der Waals surface area contributed by atoms with Crippen molar-refractivity contribution in [3.8, 4) is 0 Å². The molecule has 1 aliphatic carbocycles. The second-order valence-corrected chi connectivity index (χ2v) is 8.61. The Hall–Kier alpha value is -2.00. The first kappa shape index (κ1) is 17.4. The smallest absolute Gasteiger partial charge is 0.326 e. The van der Waals surface area contributed by atoms with Gasteiger partial charge in [-0.3, -0.25) is 0 Å². The predicted molar refractivity (Wildman–Crippen MR) is 98.6 cm³/mol. The average Bonchev–Trinajstić information content (AvgIpc) is 3.42. The molecular formula is C17H24N4O4S. The zero-order valence-corrected chi connectivity index (χ0v) is 15.4. The first-order valence-corrected chi connectivity index (χ1v) is 10.5. The molecule has 0 spiro atoms. The maximum atomic E-state index is 12.9. The van der Waals surface area contributed by atoms with Crippen molar-refractivity contribution in [3.63, 3.8) is 0 Å². The number of urea groups is 1. The number of nitrogens with one attached hydrogen (secondary N) is 2. The lowest BCUT2D eigenvalue weighted by Crippen LogP contribution is -2.47. The number of fused-ring (bicyclic) bond motifs is 1. The molecule has 3 aliphatic rings. The van der Waals surface area contributed by atoms with Gasteiger partial charge in [0.25, 0.3) is 0 Å². The van der Waals surface area contributed by atoms with Crippen LogP contribution in [0.3, 0.4) is 0 Å². The van der Waals surface area contributed by atoms with Crippen LogP contribution in [0.2, 0.25) is 0 Å². The van der Waals surface area contributed by atoms with E-state index < -0.39 is 10.2 Å². The van der Waals surface area contributed by atoms with E-state index in [-0.39, 0.29) is 31.2 Å². The van der Waals surface area contributed by atoms with Gasteiger partial charge in [0, 0.05) is 31.8 Å². The van der Waals surface area contributed by atoms with Crippen LogP contribution in [-0.4, -0.2) is 52.8 Å². The van der Waals surface area contributed by atoms with E-state index in [2.05, 4.69) is 10.6 Å². The molecule has 1 saturated heterocycles. The molecule has 0 atom stereocenters. The third kappa shape index (κ3) is 3.33. The summed E-state index contributed by atoms with van der Waals surface area (Å²) in [4.78, 5) is 12.0. The van der Waals surface area contributed by atoms with Crippen molar-refractivity contribution in [1.82, 2.24) is 10.6 Å². The fourth-order valence-electron chi connectivity index (χ4n) is 3.50. The number of hydrogen-bond donors (Lipinski definition) is 2. The maximum absolute atomic E-state index is 12.9. The van der Waals surface area contributed by atoms with Crippen molar-refractivity contribution >= 4 is 27.6 Å². The number of carbonyl (C=O) groups is 1. The number of carbonyl (C=O) groups excluding carboxylic acids is 1. The Kier molecular flexibility index (Phi) is 4.66. The normalized spacial score (nSPS) is 22.2. The van der Waals surface area contributed by atoms with E-state index in [1.807, 2.05) is 24.3 Å². The molecule has 2 fully saturated rings. The highest BCUT2D eigenvalue weighted by Crippen LogP contribution is 2.46. The Balaban J connectivity index is 1.37. The molecule has 2 N–H and O–H groups in total. The number of ether oxygens (including phenoxy) is 1. The van der Waals surface area contributed by atoms with Crippen molar-refractivity contribution < 1.29 is 17.9 Å². The van der Waals surface area contributed by atoms with Gasteiger partial charge in [-0.15, -0.1) is 0 Å². The van der Waals surface area contributed by atoms with E-state index in [9.17, 15) is 13.2 Å². The summed E-state index contributed by atoms with van der Waals surface area (Å²) in [5.41, 5.74) is 1.42. The van der Waals surface area contributed by atoms with E-state index in [1.54, 1.807) is 0 Å². The van der Waals surface area contributed by atoms with Crippen molar-refractivity contribution in [2.75, 3.05) is 34.9 Å². The monoisotopic (exact) mass is 380 g/mol. The van der Waals surface area contributed by atoms with E-state index >= 15 is 0 Å². The van der Waals surface area contributed by atoms with Gasteiger partial charge in [-0.1, -0.05) is 12.1 Å². The summed E-state index contributed by atoms with van der Waals surface area (Å²) in [5, 5.41) is 5.68. The van der Waals surface area contributed by atoms with Gasteiger partial charge in [0.2, 0.25) is 0 Å². The summed E-state index contributed by atoms with van der Waals surface area (Å²) >= 11 is 0. The number of benzene rings is 1. The predicted octanol–water partition coefficient (Wildman–Crippen LogP) is 1.20. The van der Waals surface area contributed by atoms with Crippen LogP contribution in [0.4, 0.5) is 16.2 Å². The molecule has 1 saturated carbocycles.